The van der Waals surface area contributed by atoms with Crippen LogP contribution in [0.4, 0.5) is 30.4 Å². The van der Waals surface area contributed by atoms with Gasteiger partial charge in [0.25, 0.3) is 0 Å². The van der Waals surface area contributed by atoms with Crippen LogP contribution >= 0.6 is 0 Å². The van der Waals surface area contributed by atoms with E-state index in [1.807, 2.05) is 44.1 Å². The Bertz CT molecular complexity index is 1480. The molecule has 1 fully saturated rings. The van der Waals surface area contributed by atoms with Crippen molar-refractivity contribution >= 4 is 29.0 Å². The summed E-state index contributed by atoms with van der Waals surface area (Å²) >= 11 is 0. The number of amides is 2. The van der Waals surface area contributed by atoms with Gasteiger partial charge in [-0.3, -0.25) is 14.5 Å². The number of rotatable bonds is 6. The molecule has 4 heterocycles. The van der Waals surface area contributed by atoms with E-state index in [1.165, 1.54) is 11.8 Å². The number of hydrogen-bond donors (Lipinski definition) is 1. The summed E-state index contributed by atoms with van der Waals surface area (Å²) in [6.45, 7) is 5.40. The molecular weight excluding hydrogens is 523 g/mol. The fraction of sp³-hybridized carbons (Fsp3) is 0.429. The second-order valence-electron chi connectivity index (χ2n) is 10.5. The molecule has 2 amide bonds. The molecule has 9 nitrogen and oxygen atoms in total. The van der Waals surface area contributed by atoms with Gasteiger partial charge in [-0.25, -0.2) is 9.97 Å². The van der Waals surface area contributed by atoms with Gasteiger partial charge in [-0.2, -0.15) is 13.2 Å². The summed E-state index contributed by atoms with van der Waals surface area (Å²) in [6, 6.07) is 6.42. The molecule has 1 saturated heterocycles. The third-order valence-corrected chi connectivity index (χ3v) is 7.65. The standard InChI is InChI=1S/C28H32F3N7O2/c1-16-7-6-8-20(26(16)35(3)15-24-34-19-13-32-14-22(19)36(24)4)37(5)27(40)21-9-10-25(39)38(21)23-12-18(28(29,30)31)11-17(2)33-23/h6-8,11-12,21,32H,9-10,13-15H2,1-5H3/t21-/m0/s1. The van der Waals surface area contributed by atoms with Crippen LogP contribution in [0.5, 0.6) is 0 Å². The average Bonchev–Trinajstić information content (AvgIpc) is 3.58. The van der Waals surface area contributed by atoms with Gasteiger partial charge in [0.2, 0.25) is 11.8 Å². The van der Waals surface area contributed by atoms with Crippen molar-refractivity contribution in [1.82, 2.24) is 19.9 Å². The summed E-state index contributed by atoms with van der Waals surface area (Å²) < 4.78 is 42.6. The van der Waals surface area contributed by atoms with E-state index >= 15 is 0 Å². The third kappa shape index (κ3) is 4.91. The van der Waals surface area contributed by atoms with Gasteiger partial charge in [0.15, 0.2) is 0 Å². The Morgan fingerprint density at radius 1 is 1.15 bits per heavy atom. The maximum atomic E-state index is 13.9. The van der Waals surface area contributed by atoms with Gasteiger partial charge in [0, 0.05) is 46.3 Å². The minimum atomic E-state index is -4.60. The summed E-state index contributed by atoms with van der Waals surface area (Å²) in [7, 11) is 5.55. The van der Waals surface area contributed by atoms with Crippen LogP contribution in [0.2, 0.25) is 0 Å². The van der Waals surface area contributed by atoms with Crippen LogP contribution in [-0.4, -0.2) is 46.5 Å². The van der Waals surface area contributed by atoms with Crippen LogP contribution < -0.4 is 20.0 Å². The second-order valence-corrected chi connectivity index (χ2v) is 10.5. The quantitative estimate of drug-likeness (QED) is 0.498. The number of likely N-dealkylation sites (N-methyl/N-ethyl adjacent to an activating group) is 1. The summed E-state index contributed by atoms with van der Waals surface area (Å²) in [6.07, 6.45) is -4.38. The second kappa shape index (κ2) is 10.2. The highest BCUT2D eigenvalue weighted by atomic mass is 19.4. The Kier molecular flexibility index (Phi) is 7.07. The van der Waals surface area contributed by atoms with E-state index in [0.29, 0.717) is 12.2 Å². The predicted octanol–water partition coefficient (Wildman–Crippen LogP) is 3.85. The SMILES string of the molecule is Cc1cc(C(F)(F)F)cc(N2C(=O)CC[C@H]2C(=O)N(C)c2cccc(C)c2N(C)Cc2nc3c(n2C)CNC3)n1. The maximum Gasteiger partial charge on any atom is 0.416 e. The van der Waals surface area contributed by atoms with Crippen molar-refractivity contribution in [2.24, 2.45) is 7.05 Å². The van der Waals surface area contributed by atoms with Gasteiger partial charge in [0.05, 0.1) is 34.9 Å². The smallest absolute Gasteiger partial charge is 0.365 e. The predicted molar refractivity (Wildman–Crippen MR) is 145 cm³/mol. The number of carbonyl (C=O) groups excluding carboxylic acids is 2. The minimum Gasteiger partial charge on any atom is -0.365 e. The summed E-state index contributed by atoms with van der Waals surface area (Å²) in [4.78, 5) is 40.3. The molecule has 12 heteroatoms. The van der Waals surface area contributed by atoms with E-state index in [0.717, 1.165) is 58.6 Å². The van der Waals surface area contributed by atoms with Crippen LogP contribution in [-0.2, 0) is 42.4 Å². The first kappa shape index (κ1) is 27.6. The van der Waals surface area contributed by atoms with E-state index < -0.39 is 29.6 Å². The first-order chi connectivity index (χ1) is 18.9. The fourth-order valence-corrected chi connectivity index (χ4v) is 5.63. The van der Waals surface area contributed by atoms with Crippen LogP contribution in [0.25, 0.3) is 0 Å². The Labute approximate surface area is 230 Å². The zero-order valence-electron chi connectivity index (χ0n) is 23.1. The summed E-state index contributed by atoms with van der Waals surface area (Å²) in [5, 5.41) is 3.30. The van der Waals surface area contributed by atoms with Crippen molar-refractivity contribution in [3.05, 3.63) is 64.4 Å². The highest BCUT2D eigenvalue weighted by molar-refractivity contribution is 6.09. The molecule has 0 spiro atoms. The number of hydrogen-bond acceptors (Lipinski definition) is 6. The van der Waals surface area contributed by atoms with Crippen molar-refractivity contribution in [1.29, 1.82) is 0 Å². The van der Waals surface area contributed by atoms with Crippen LogP contribution in [0.3, 0.4) is 0 Å². The lowest BCUT2D eigenvalue weighted by Gasteiger charge is -2.32. The first-order valence-corrected chi connectivity index (χ1v) is 13.1. The monoisotopic (exact) mass is 555 g/mol. The van der Waals surface area contributed by atoms with Gasteiger partial charge in [-0.1, -0.05) is 12.1 Å². The van der Waals surface area contributed by atoms with Gasteiger partial charge in [-0.15, -0.1) is 0 Å². The molecule has 0 radical (unpaired) electrons. The first-order valence-electron chi connectivity index (χ1n) is 13.1. The molecule has 0 bridgehead atoms. The van der Waals surface area contributed by atoms with Crippen molar-refractivity contribution < 1.29 is 22.8 Å². The van der Waals surface area contributed by atoms with Crippen molar-refractivity contribution in [2.45, 2.75) is 58.5 Å². The van der Waals surface area contributed by atoms with E-state index in [2.05, 4.69) is 14.9 Å². The fourth-order valence-electron chi connectivity index (χ4n) is 5.63. The zero-order chi connectivity index (χ0) is 28.9. The molecule has 0 unspecified atom stereocenters. The van der Waals surface area contributed by atoms with E-state index in [4.69, 9.17) is 4.98 Å². The zero-order valence-corrected chi connectivity index (χ0v) is 23.1. The molecular formula is C28H32F3N7O2. The van der Waals surface area contributed by atoms with Gasteiger partial charge >= 0.3 is 6.18 Å². The normalized spacial score (nSPS) is 16.9. The van der Waals surface area contributed by atoms with Gasteiger partial charge in [0.1, 0.15) is 17.7 Å². The Balaban J connectivity index is 1.44. The molecule has 2 aliphatic rings. The van der Waals surface area contributed by atoms with E-state index in [1.54, 1.807) is 7.05 Å². The molecule has 212 valence electrons. The largest absolute Gasteiger partial charge is 0.416 e. The number of pyridine rings is 1. The number of aromatic nitrogens is 3. The topological polar surface area (TPSA) is 86.6 Å². The number of nitrogens with zero attached hydrogens (tertiary/aromatic N) is 6. The Morgan fingerprint density at radius 2 is 1.90 bits per heavy atom. The van der Waals surface area contributed by atoms with E-state index in [9.17, 15) is 22.8 Å². The van der Waals surface area contributed by atoms with Crippen LogP contribution in [0.1, 0.15) is 46.9 Å². The van der Waals surface area contributed by atoms with Gasteiger partial charge < -0.3 is 19.7 Å². The van der Waals surface area contributed by atoms with Crippen molar-refractivity contribution in [3.8, 4) is 0 Å². The van der Waals surface area contributed by atoms with Crippen LogP contribution in [0, 0.1) is 13.8 Å². The molecule has 0 saturated carbocycles. The Hall–Kier alpha value is -3.93. The number of fused-ring (bicyclic) bond motifs is 1. The lowest BCUT2D eigenvalue weighted by molar-refractivity contribution is -0.137. The lowest BCUT2D eigenvalue weighted by atomic mass is 10.1. The number of para-hydroxylation sites is 1. The molecule has 5 rings (SSSR count). The molecule has 2 aromatic heterocycles. The average molecular weight is 556 g/mol. The molecule has 1 atom stereocenters. The van der Waals surface area contributed by atoms with E-state index in [-0.39, 0.29) is 24.4 Å². The van der Waals surface area contributed by atoms with Gasteiger partial charge in [-0.05, 0) is 44.0 Å². The Morgan fingerprint density at radius 3 is 2.60 bits per heavy atom. The van der Waals surface area contributed by atoms with Crippen molar-refractivity contribution in [2.75, 3.05) is 28.8 Å². The molecule has 40 heavy (non-hydrogen) atoms. The number of nitrogens with one attached hydrogen (secondary N) is 1. The minimum absolute atomic E-state index is 0.0421. The number of anilines is 3. The maximum absolute atomic E-state index is 13.9. The lowest BCUT2D eigenvalue weighted by Crippen LogP contribution is -2.46. The van der Waals surface area contributed by atoms with Crippen molar-refractivity contribution in [3.63, 3.8) is 0 Å². The number of carbonyl (C=O) groups is 2. The van der Waals surface area contributed by atoms with Crippen LogP contribution in [0.15, 0.2) is 30.3 Å². The number of aryl methyl sites for hydroxylation is 2. The summed E-state index contributed by atoms with van der Waals surface area (Å²) in [5.41, 5.74) is 3.79. The number of halogens is 3. The molecule has 2 aliphatic heterocycles. The molecule has 1 aromatic carbocycles. The third-order valence-electron chi connectivity index (χ3n) is 7.65. The summed E-state index contributed by atoms with van der Waals surface area (Å²) in [5.74, 6) is -0.0990. The highest BCUT2D eigenvalue weighted by Crippen LogP contribution is 2.37. The highest BCUT2D eigenvalue weighted by Gasteiger charge is 2.41. The molecule has 0 aliphatic carbocycles. The number of benzene rings is 1. The molecule has 3 aromatic rings. The number of alkyl halides is 3. The molecule has 1 N–H and O–H groups in total. The number of imidazole rings is 1.